The van der Waals surface area contributed by atoms with Gasteiger partial charge in [0, 0.05) is 23.0 Å². The van der Waals surface area contributed by atoms with Crippen LogP contribution in [0.3, 0.4) is 0 Å². The van der Waals surface area contributed by atoms with E-state index in [9.17, 15) is 5.11 Å². The maximum Gasteiger partial charge on any atom is 0.123 e. The van der Waals surface area contributed by atoms with Crippen LogP contribution in [0, 0.1) is 11.3 Å². The van der Waals surface area contributed by atoms with Crippen LogP contribution in [0.1, 0.15) is 6.42 Å². The standard InChI is InChI=1S/C13H12N2O/c14-8-3-9-15-12-6-1-5-11-10(12)4-2-7-13(11)16/h1-2,4-7,15-16H,3,9H2. The minimum atomic E-state index is 0.279. The molecule has 2 rings (SSSR count). The number of rotatable bonds is 3. The van der Waals surface area contributed by atoms with Crippen molar-refractivity contribution in [3.63, 3.8) is 0 Å². The van der Waals surface area contributed by atoms with E-state index in [2.05, 4.69) is 11.4 Å². The normalized spacial score (nSPS) is 9.94. The van der Waals surface area contributed by atoms with Crippen LogP contribution >= 0.6 is 0 Å². The number of nitrogens with zero attached hydrogens (tertiary/aromatic N) is 1. The molecule has 0 aliphatic rings. The Labute approximate surface area is 93.9 Å². The van der Waals surface area contributed by atoms with E-state index in [0.717, 1.165) is 16.5 Å². The number of phenolic OH excluding ortho intramolecular Hbond substituents is 1. The van der Waals surface area contributed by atoms with Gasteiger partial charge >= 0.3 is 0 Å². The lowest BCUT2D eigenvalue weighted by molar-refractivity contribution is 0.481. The Morgan fingerprint density at radius 1 is 1.12 bits per heavy atom. The van der Waals surface area contributed by atoms with E-state index in [4.69, 9.17) is 5.26 Å². The number of phenols is 1. The molecule has 0 radical (unpaired) electrons. The highest BCUT2D eigenvalue weighted by Gasteiger charge is 2.02. The Morgan fingerprint density at radius 3 is 2.69 bits per heavy atom. The summed E-state index contributed by atoms with van der Waals surface area (Å²) in [6.07, 6.45) is 0.467. The van der Waals surface area contributed by atoms with E-state index >= 15 is 0 Å². The van der Waals surface area contributed by atoms with Gasteiger partial charge in [0.05, 0.1) is 12.5 Å². The van der Waals surface area contributed by atoms with Crippen LogP contribution in [0.25, 0.3) is 10.8 Å². The first-order chi connectivity index (χ1) is 7.83. The van der Waals surface area contributed by atoms with E-state index in [-0.39, 0.29) is 5.75 Å². The van der Waals surface area contributed by atoms with E-state index < -0.39 is 0 Å². The molecule has 0 saturated heterocycles. The zero-order chi connectivity index (χ0) is 11.4. The molecule has 0 spiro atoms. The van der Waals surface area contributed by atoms with E-state index in [0.29, 0.717) is 13.0 Å². The summed E-state index contributed by atoms with van der Waals surface area (Å²) >= 11 is 0. The van der Waals surface area contributed by atoms with Gasteiger partial charge in [-0.15, -0.1) is 0 Å². The number of hydrogen-bond donors (Lipinski definition) is 2. The van der Waals surface area contributed by atoms with Crippen molar-refractivity contribution in [2.75, 3.05) is 11.9 Å². The largest absolute Gasteiger partial charge is 0.507 e. The van der Waals surface area contributed by atoms with Gasteiger partial charge in [-0.05, 0) is 12.1 Å². The third kappa shape index (κ3) is 1.91. The highest BCUT2D eigenvalue weighted by atomic mass is 16.3. The van der Waals surface area contributed by atoms with Crippen molar-refractivity contribution >= 4 is 16.5 Å². The van der Waals surface area contributed by atoms with E-state index in [1.807, 2.05) is 30.3 Å². The average molecular weight is 212 g/mol. The molecule has 2 aromatic rings. The Balaban J connectivity index is 2.39. The fraction of sp³-hybridized carbons (Fsp3) is 0.154. The molecule has 0 amide bonds. The second kappa shape index (κ2) is 4.54. The minimum absolute atomic E-state index is 0.279. The van der Waals surface area contributed by atoms with Crippen molar-refractivity contribution in [1.29, 1.82) is 5.26 Å². The summed E-state index contributed by atoms with van der Waals surface area (Å²) in [5.74, 6) is 0.279. The van der Waals surface area contributed by atoms with Crippen molar-refractivity contribution in [2.45, 2.75) is 6.42 Å². The highest BCUT2D eigenvalue weighted by molar-refractivity contribution is 5.97. The zero-order valence-corrected chi connectivity index (χ0v) is 8.77. The monoisotopic (exact) mass is 212 g/mol. The van der Waals surface area contributed by atoms with Crippen molar-refractivity contribution in [3.05, 3.63) is 36.4 Å². The molecule has 0 saturated carbocycles. The average Bonchev–Trinajstić information content (AvgIpc) is 2.31. The fourth-order valence-corrected chi connectivity index (χ4v) is 1.70. The summed E-state index contributed by atoms with van der Waals surface area (Å²) in [4.78, 5) is 0. The molecule has 0 heterocycles. The summed E-state index contributed by atoms with van der Waals surface area (Å²) in [5.41, 5.74) is 0.948. The first-order valence-corrected chi connectivity index (χ1v) is 5.14. The van der Waals surface area contributed by atoms with Crippen molar-refractivity contribution < 1.29 is 5.11 Å². The Kier molecular flexibility index (Phi) is 2.93. The topological polar surface area (TPSA) is 56.0 Å². The van der Waals surface area contributed by atoms with Gasteiger partial charge in [0.2, 0.25) is 0 Å². The third-order valence-corrected chi connectivity index (χ3v) is 2.45. The molecule has 0 aliphatic carbocycles. The number of benzene rings is 2. The molecular formula is C13H12N2O. The number of fused-ring (bicyclic) bond motifs is 1. The quantitative estimate of drug-likeness (QED) is 0.769. The zero-order valence-electron chi connectivity index (χ0n) is 8.77. The molecule has 3 heteroatoms. The summed E-state index contributed by atoms with van der Waals surface area (Å²) in [7, 11) is 0. The number of nitrogens with one attached hydrogen (secondary N) is 1. The fourth-order valence-electron chi connectivity index (χ4n) is 1.70. The molecule has 0 aromatic heterocycles. The molecule has 0 atom stereocenters. The summed E-state index contributed by atoms with van der Waals surface area (Å²) < 4.78 is 0. The molecule has 3 nitrogen and oxygen atoms in total. The predicted molar refractivity (Wildman–Crippen MR) is 64.3 cm³/mol. The highest BCUT2D eigenvalue weighted by Crippen LogP contribution is 2.29. The number of nitriles is 1. The number of aromatic hydroxyl groups is 1. The molecule has 16 heavy (non-hydrogen) atoms. The lowest BCUT2D eigenvalue weighted by Gasteiger charge is -2.08. The molecule has 0 unspecified atom stereocenters. The van der Waals surface area contributed by atoms with Gasteiger partial charge < -0.3 is 10.4 Å². The molecule has 0 bridgehead atoms. The lowest BCUT2D eigenvalue weighted by Crippen LogP contribution is -2.00. The summed E-state index contributed by atoms with van der Waals surface area (Å²) in [5, 5.41) is 23.1. The van der Waals surface area contributed by atoms with Gasteiger partial charge in [-0.3, -0.25) is 0 Å². The van der Waals surface area contributed by atoms with Gasteiger partial charge in [-0.2, -0.15) is 5.26 Å². The maximum atomic E-state index is 9.69. The van der Waals surface area contributed by atoms with Crippen molar-refractivity contribution in [3.8, 4) is 11.8 Å². The van der Waals surface area contributed by atoms with Gasteiger partial charge in [-0.25, -0.2) is 0 Å². The van der Waals surface area contributed by atoms with Crippen LogP contribution in [-0.4, -0.2) is 11.7 Å². The molecule has 0 fully saturated rings. The second-order valence-electron chi connectivity index (χ2n) is 3.51. The third-order valence-electron chi connectivity index (χ3n) is 2.45. The summed E-state index contributed by atoms with van der Waals surface area (Å²) in [6.45, 7) is 0.616. The van der Waals surface area contributed by atoms with Crippen LogP contribution < -0.4 is 5.32 Å². The first-order valence-electron chi connectivity index (χ1n) is 5.14. The van der Waals surface area contributed by atoms with Crippen LogP contribution in [0.2, 0.25) is 0 Å². The molecule has 0 aliphatic heterocycles. The maximum absolute atomic E-state index is 9.69. The smallest absolute Gasteiger partial charge is 0.123 e. The van der Waals surface area contributed by atoms with Gasteiger partial charge in [0.1, 0.15) is 5.75 Å². The first kappa shape index (κ1) is 10.3. The van der Waals surface area contributed by atoms with Crippen LogP contribution in [0.15, 0.2) is 36.4 Å². The molecule has 2 N–H and O–H groups in total. The molecular weight excluding hydrogens is 200 g/mol. The van der Waals surface area contributed by atoms with Crippen LogP contribution in [0.5, 0.6) is 5.75 Å². The number of anilines is 1. The van der Waals surface area contributed by atoms with Gasteiger partial charge in [0.15, 0.2) is 0 Å². The number of hydrogen-bond acceptors (Lipinski definition) is 3. The van der Waals surface area contributed by atoms with E-state index in [1.54, 1.807) is 6.07 Å². The molecule has 2 aromatic carbocycles. The van der Waals surface area contributed by atoms with Crippen LogP contribution in [-0.2, 0) is 0 Å². The van der Waals surface area contributed by atoms with Gasteiger partial charge in [0.25, 0.3) is 0 Å². The van der Waals surface area contributed by atoms with Crippen molar-refractivity contribution in [2.24, 2.45) is 0 Å². The van der Waals surface area contributed by atoms with Crippen molar-refractivity contribution in [1.82, 2.24) is 0 Å². The minimum Gasteiger partial charge on any atom is -0.507 e. The van der Waals surface area contributed by atoms with E-state index in [1.165, 1.54) is 0 Å². The van der Waals surface area contributed by atoms with Crippen LogP contribution in [0.4, 0.5) is 5.69 Å². The molecule has 80 valence electrons. The second-order valence-corrected chi connectivity index (χ2v) is 3.51. The Hall–Kier alpha value is -2.21. The lowest BCUT2D eigenvalue weighted by atomic mass is 10.1. The summed E-state index contributed by atoms with van der Waals surface area (Å²) in [6, 6.07) is 13.2. The SMILES string of the molecule is N#CCCNc1cccc2c(O)cccc12. The Morgan fingerprint density at radius 2 is 1.88 bits per heavy atom. The Bertz CT molecular complexity index is 543. The van der Waals surface area contributed by atoms with Gasteiger partial charge in [-0.1, -0.05) is 24.3 Å². The predicted octanol–water partition coefficient (Wildman–Crippen LogP) is 2.87.